The van der Waals surface area contributed by atoms with E-state index in [0.29, 0.717) is 24.7 Å². The smallest absolute Gasteiger partial charge is 0.234 e. The fraction of sp³-hybridized carbons (Fsp3) is 0.320. The van der Waals surface area contributed by atoms with Gasteiger partial charge >= 0.3 is 0 Å². The van der Waals surface area contributed by atoms with Crippen molar-refractivity contribution in [1.82, 2.24) is 9.97 Å². The average Bonchev–Trinajstić information content (AvgIpc) is 2.84. The minimum absolute atomic E-state index is 0.0732. The van der Waals surface area contributed by atoms with E-state index in [9.17, 15) is 9.18 Å². The van der Waals surface area contributed by atoms with Gasteiger partial charge in [-0.25, -0.2) is 14.4 Å². The van der Waals surface area contributed by atoms with Crippen molar-refractivity contribution >= 4 is 34.9 Å². The van der Waals surface area contributed by atoms with Crippen LogP contribution in [0.25, 0.3) is 0 Å². The number of piperazine rings is 1. The summed E-state index contributed by atoms with van der Waals surface area (Å²) in [7, 11) is 0. The predicted octanol–water partition coefficient (Wildman–Crippen LogP) is 4.80. The summed E-state index contributed by atoms with van der Waals surface area (Å²) in [6.07, 6.45) is 1.53. The number of anilines is 3. The highest BCUT2D eigenvalue weighted by atomic mass is 32.2. The van der Waals surface area contributed by atoms with Crippen LogP contribution in [0.4, 0.5) is 21.6 Å². The molecule has 1 aliphatic rings. The lowest BCUT2D eigenvalue weighted by Gasteiger charge is -2.36. The third-order valence-corrected chi connectivity index (χ3v) is 6.56. The van der Waals surface area contributed by atoms with E-state index in [2.05, 4.69) is 38.9 Å². The summed E-state index contributed by atoms with van der Waals surface area (Å²) >= 11 is 1.38. The summed E-state index contributed by atoms with van der Waals surface area (Å²) in [5.74, 6) is 1.28. The zero-order valence-corrected chi connectivity index (χ0v) is 19.7. The topological polar surface area (TPSA) is 61.4 Å². The molecule has 33 heavy (non-hydrogen) atoms. The number of aromatic nitrogens is 2. The predicted molar refractivity (Wildman–Crippen MR) is 133 cm³/mol. The zero-order valence-electron chi connectivity index (χ0n) is 18.9. The van der Waals surface area contributed by atoms with Crippen LogP contribution in [0.5, 0.6) is 0 Å². The Kier molecular flexibility index (Phi) is 7.44. The van der Waals surface area contributed by atoms with Crippen molar-refractivity contribution in [3.8, 4) is 0 Å². The number of nitrogens with one attached hydrogen (secondary N) is 1. The first kappa shape index (κ1) is 23.0. The van der Waals surface area contributed by atoms with Gasteiger partial charge in [0, 0.05) is 37.9 Å². The van der Waals surface area contributed by atoms with Gasteiger partial charge in [-0.05, 0) is 35.7 Å². The Hall–Kier alpha value is -3.13. The maximum absolute atomic E-state index is 14.1. The lowest BCUT2D eigenvalue weighted by molar-refractivity contribution is -0.113. The van der Waals surface area contributed by atoms with E-state index in [-0.39, 0.29) is 17.5 Å². The molecular formula is C25H28FN5OS. The summed E-state index contributed by atoms with van der Waals surface area (Å²) < 4.78 is 14.1. The average molecular weight is 466 g/mol. The summed E-state index contributed by atoms with van der Waals surface area (Å²) in [5.41, 5.74) is 2.67. The molecule has 1 N–H and O–H groups in total. The number of hydrogen-bond acceptors (Lipinski definition) is 6. The quantitative estimate of drug-likeness (QED) is 0.400. The van der Waals surface area contributed by atoms with Crippen molar-refractivity contribution in [2.24, 2.45) is 0 Å². The van der Waals surface area contributed by atoms with Crippen LogP contribution >= 0.6 is 11.8 Å². The number of amides is 1. The number of halogens is 1. The summed E-state index contributed by atoms with van der Waals surface area (Å²) in [5, 5.41) is 3.68. The van der Waals surface area contributed by atoms with E-state index >= 15 is 0 Å². The Morgan fingerprint density at radius 1 is 1.03 bits per heavy atom. The molecule has 0 bridgehead atoms. The molecule has 1 amide bonds. The number of hydrogen-bond donors (Lipinski definition) is 1. The minimum atomic E-state index is -0.194. The highest BCUT2D eigenvalue weighted by molar-refractivity contribution is 7.99. The van der Waals surface area contributed by atoms with E-state index in [0.717, 1.165) is 29.6 Å². The van der Waals surface area contributed by atoms with Crippen LogP contribution in [0, 0.1) is 5.82 Å². The Bertz CT molecular complexity index is 1080. The largest absolute Gasteiger partial charge is 0.366 e. The first-order chi connectivity index (χ1) is 16.0. The van der Waals surface area contributed by atoms with Gasteiger partial charge < -0.3 is 15.1 Å². The van der Waals surface area contributed by atoms with Crippen LogP contribution in [0.15, 0.2) is 66.0 Å². The highest BCUT2D eigenvalue weighted by Gasteiger charge is 2.20. The minimum Gasteiger partial charge on any atom is -0.366 e. The normalized spacial score (nSPS) is 13.9. The molecule has 2 heterocycles. The standard InChI is InChI=1S/C25H28FN5OS/c1-18(2)19-7-9-20(10-8-19)29-24(32)16-33-25-15-23(27-17-28-25)31-13-11-30(12-14-31)22-6-4-3-5-21(22)26/h3-10,15,17-18H,11-14,16H2,1-2H3,(H,29,32). The van der Waals surface area contributed by atoms with Crippen molar-refractivity contribution in [2.75, 3.05) is 47.0 Å². The number of nitrogens with zero attached hydrogens (tertiary/aromatic N) is 4. The number of carbonyl (C=O) groups is 1. The SMILES string of the molecule is CC(C)c1ccc(NC(=O)CSc2cc(N3CCN(c4ccccc4F)CC3)ncn2)cc1. The molecule has 2 aromatic carbocycles. The highest BCUT2D eigenvalue weighted by Crippen LogP contribution is 2.24. The molecule has 1 saturated heterocycles. The number of rotatable bonds is 7. The Morgan fingerprint density at radius 3 is 2.42 bits per heavy atom. The van der Waals surface area contributed by atoms with Crippen molar-refractivity contribution in [3.05, 3.63) is 72.3 Å². The van der Waals surface area contributed by atoms with Gasteiger partial charge in [-0.3, -0.25) is 4.79 Å². The number of para-hydroxylation sites is 1. The molecule has 0 atom stereocenters. The van der Waals surface area contributed by atoms with Crippen molar-refractivity contribution in [3.63, 3.8) is 0 Å². The molecule has 3 aromatic rings. The van der Waals surface area contributed by atoms with Crippen LogP contribution in [-0.4, -0.2) is 47.8 Å². The van der Waals surface area contributed by atoms with Crippen LogP contribution in [0.2, 0.25) is 0 Å². The molecule has 1 fully saturated rings. The Labute approximate surface area is 198 Å². The molecule has 4 rings (SSSR count). The second-order valence-electron chi connectivity index (χ2n) is 8.25. The second-order valence-corrected chi connectivity index (χ2v) is 9.25. The van der Waals surface area contributed by atoms with E-state index in [1.807, 2.05) is 42.5 Å². The van der Waals surface area contributed by atoms with Crippen LogP contribution in [-0.2, 0) is 4.79 Å². The molecular weight excluding hydrogens is 437 g/mol. The van der Waals surface area contributed by atoms with Gasteiger partial charge in [-0.15, -0.1) is 0 Å². The number of carbonyl (C=O) groups excluding carboxylic acids is 1. The van der Waals surface area contributed by atoms with Gasteiger partial charge in [0.15, 0.2) is 0 Å². The van der Waals surface area contributed by atoms with Gasteiger partial charge in [0.05, 0.1) is 11.4 Å². The summed E-state index contributed by atoms with van der Waals surface area (Å²) in [6, 6.07) is 16.7. The van der Waals surface area contributed by atoms with Crippen molar-refractivity contribution < 1.29 is 9.18 Å². The maximum Gasteiger partial charge on any atom is 0.234 e. The molecule has 8 heteroatoms. The molecule has 1 aromatic heterocycles. The molecule has 0 aliphatic carbocycles. The third-order valence-electron chi connectivity index (χ3n) is 5.64. The first-order valence-electron chi connectivity index (χ1n) is 11.1. The molecule has 0 radical (unpaired) electrons. The van der Waals surface area contributed by atoms with Gasteiger partial charge in [0.1, 0.15) is 23.0 Å². The fourth-order valence-corrected chi connectivity index (χ4v) is 4.42. The van der Waals surface area contributed by atoms with E-state index < -0.39 is 0 Å². The first-order valence-corrected chi connectivity index (χ1v) is 12.1. The Morgan fingerprint density at radius 2 is 1.73 bits per heavy atom. The van der Waals surface area contributed by atoms with E-state index in [1.165, 1.54) is 29.7 Å². The fourth-order valence-electron chi connectivity index (χ4n) is 3.75. The second kappa shape index (κ2) is 10.7. The summed E-state index contributed by atoms with van der Waals surface area (Å²) in [4.78, 5) is 25.3. The van der Waals surface area contributed by atoms with Gasteiger partial charge in [0.2, 0.25) is 5.91 Å². The van der Waals surface area contributed by atoms with E-state index in [4.69, 9.17) is 0 Å². The number of thioether (sulfide) groups is 1. The van der Waals surface area contributed by atoms with Crippen molar-refractivity contribution in [2.45, 2.75) is 24.8 Å². The van der Waals surface area contributed by atoms with Crippen LogP contribution in [0.3, 0.4) is 0 Å². The van der Waals surface area contributed by atoms with Gasteiger partial charge in [-0.1, -0.05) is 49.9 Å². The molecule has 6 nitrogen and oxygen atoms in total. The lowest BCUT2D eigenvalue weighted by Crippen LogP contribution is -2.47. The molecule has 0 spiro atoms. The van der Waals surface area contributed by atoms with E-state index in [1.54, 1.807) is 6.07 Å². The zero-order chi connectivity index (χ0) is 23.2. The van der Waals surface area contributed by atoms with Gasteiger partial charge in [-0.2, -0.15) is 0 Å². The van der Waals surface area contributed by atoms with Crippen LogP contribution in [0.1, 0.15) is 25.3 Å². The molecule has 0 saturated carbocycles. The van der Waals surface area contributed by atoms with Crippen LogP contribution < -0.4 is 15.1 Å². The van der Waals surface area contributed by atoms with Crippen molar-refractivity contribution in [1.29, 1.82) is 0 Å². The summed E-state index contributed by atoms with van der Waals surface area (Å²) in [6.45, 7) is 7.19. The monoisotopic (exact) mass is 465 g/mol. The number of benzene rings is 2. The molecule has 172 valence electrons. The maximum atomic E-state index is 14.1. The third kappa shape index (κ3) is 6.01. The molecule has 1 aliphatic heterocycles. The van der Waals surface area contributed by atoms with Gasteiger partial charge in [0.25, 0.3) is 0 Å². The Balaban J connectivity index is 1.29. The lowest BCUT2D eigenvalue weighted by atomic mass is 10.0. The molecule has 0 unspecified atom stereocenters.